The van der Waals surface area contributed by atoms with E-state index in [0.717, 1.165) is 19.3 Å². The Kier molecular flexibility index (Phi) is 6.85. The number of hydrogen-bond donors (Lipinski definition) is 2. The van der Waals surface area contributed by atoms with Gasteiger partial charge >= 0.3 is 0 Å². The minimum atomic E-state index is -0.510. The maximum Gasteiger partial charge on any atom is 0.276 e. The van der Waals surface area contributed by atoms with E-state index in [2.05, 4.69) is 22.7 Å². The molecule has 4 aromatic rings. The molecule has 0 saturated heterocycles. The summed E-state index contributed by atoms with van der Waals surface area (Å²) in [5.74, 6) is 0.244. The molecule has 9 nitrogen and oxygen atoms in total. The number of nitrogens with zero attached hydrogens (tertiary/aromatic N) is 2. The van der Waals surface area contributed by atoms with Crippen LogP contribution in [0.15, 0.2) is 71.5 Å². The minimum absolute atomic E-state index is 0.123. The predicted molar refractivity (Wildman–Crippen MR) is 140 cm³/mol. The molecule has 1 aromatic heterocycles. The van der Waals surface area contributed by atoms with Crippen LogP contribution in [-0.2, 0) is 6.54 Å². The standard InChI is InChI=1S/C28H26N4O5/c1-2-3-8-15-32-28(35)20-10-5-4-9-19(20)25(31-32)27(34)30-22-12-7-6-11-21(22)26(33)29-18-13-14-23-24(16-18)37-17-36-23/h4-7,9-14,16H,2-3,8,15,17H2,1H3,(H,29,33)(H,30,34). The Balaban J connectivity index is 1.42. The number of para-hydroxylation sites is 1. The maximum absolute atomic E-state index is 13.4. The van der Waals surface area contributed by atoms with Crippen molar-refractivity contribution in [3.05, 3.63) is 88.3 Å². The Morgan fingerprint density at radius 2 is 1.65 bits per heavy atom. The smallest absolute Gasteiger partial charge is 0.276 e. The second-order valence-electron chi connectivity index (χ2n) is 8.65. The van der Waals surface area contributed by atoms with Crippen molar-refractivity contribution in [2.45, 2.75) is 32.7 Å². The quantitative estimate of drug-likeness (QED) is 0.337. The zero-order valence-electron chi connectivity index (χ0n) is 20.3. The number of carbonyl (C=O) groups is 2. The Bertz CT molecular complexity index is 1550. The summed E-state index contributed by atoms with van der Waals surface area (Å²) in [6.45, 7) is 2.64. The molecule has 37 heavy (non-hydrogen) atoms. The molecule has 0 fully saturated rings. The zero-order chi connectivity index (χ0) is 25.8. The van der Waals surface area contributed by atoms with E-state index in [4.69, 9.17) is 9.47 Å². The molecule has 3 aromatic carbocycles. The Morgan fingerprint density at radius 3 is 2.49 bits per heavy atom. The number of ether oxygens (including phenoxy) is 2. The Hall–Kier alpha value is -4.66. The molecule has 0 spiro atoms. The highest BCUT2D eigenvalue weighted by Crippen LogP contribution is 2.34. The summed E-state index contributed by atoms with van der Waals surface area (Å²) in [5, 5.41) is 10.9. The SMILES string of the molecule is CCCCCn1nc(C(=O)Nc2ccccc2C(=O)Nc2ccc3c(c2)OCO3)c2ccccc2c1=O. The average Bonchev–Trinajstić information content (AvgIpc) is 3.38. The Morgan fingerprint density at radius 1 is 0.892 bits per heavy atom. The van der Waals surface area contributed by atoms with E-state index >= 15 is 0 Å². The number of aryl methyl sites for hydroxylation is 1. The van der Waals surface area contributed by atoms with Crippen LogP contribution in [0.4, 0.5) is 11.4 Å². The van der Waals surface area contributed by atoms with Crippen LogP contribution in [-0.4, -0.2) is 28.4 Å². The summed E-state index contributed by atoms with van der Waals surface area (Å²) in [4.78, 5) is 39.5. The lowest BCUT2D eigenvalue weighted by atomic mass is 10.1. The number of aromatic nitrogens is 2. The van der Waals surface area contributed by atoms with Crippen LogP contribution < -0.4 is 25.7 Å². The number of amides is 2. The van der Waals surface area contributed by atoms with E-state index in [1.165, 1.54) is 4.68 Å². The van der Waals surface area contributed by atoms with Crippen molar-refractivity contribution in [1.82, 2.24) is 9.78 Å². The molecule has 0 aliphatic carbocycles. The lowest BCUT2D eigenvalue weighted by Crippen LogP contribution is -2.28. The fourth-order valence-corrected chi connectivity index (χ4v) is 4.21. The molecule has 1 aliphatic rings. The fourth-order valence-electron chi connectivity index (χ4n) is 4.21. The number of anilines is 2. The number of rotatable bonds is 8. The average molecular weight is 499 g/mol. The van der Waals surface area contributed by atoms with Crippen molar-refractivity contribution >= 4 is 34.0 Å². The minimum Gasteiger partial charge on any atom is -0.454 e. The van der Waals surface area contributed by atoms with Crippen molar-refractivity contribution in [2.75, 3.05) is 17.4 Å². The molecule has 1 aliphatic heterocycles. The van der Waals surface area contributed by atoms with E-state index in [1.807, 2.05) is 0 Å². The summed E-state index contributed by atoms with van der Waals surface area (Å²) < 4.78 is 12.0. The summed E-state index contributed by atoms with van der Waals surface area (Å²) in [6.07, 6.45) is 2.74. The van der Waals surface area contributed by atoms with Gasteiger partial charge in [0.1, 0.15) is 0 Å². The number of hydrogen-bond acceptors (Lipinski definition) is 6. The topological polar surface area (TPSA) is 112 Å². The predicted octanol–water partition coefficient (Wildman–Crippen LogP) is 4.82. The first kappa shape index (κ1) is 24.1. The molecule has 188 valence electrons. The number of carbonyl (C=O) groups excluding carboxylic acids is 2. The third-order valence-electron chi connectivity index (χ3n) is 6.11. The number of unbranched alkanes of at least 4 members (excludes halogenated alkanes) is 2. The van der Waals surface area contributed by atoms with Crippen molar-refractivity contribution in [2.24, 2.45) is 0 Å². The highest BCUT2D eigenvalue weighted by molar-refractivity contribution is 6.15. The van der Waals surface area contributed by atoms with Crippen molar-refractivity contribution in [1.29, 1.82) is 0 Å². The number of benzene rings is 3. The van der Waals surface area contributed by atoms with Crippen molar-refractivity contribution in [3.8, 4) is 11.5 Å². The molecule has 5 rings (SSSR count). The Labute approximate surface area is 213 Å². The van der Waals surface area contributed by atoms with E-state index in [-0.39, 0.29) is 23.6 Å². The molecule has 2 amide bonds. The van der Waals surface area contributed by atoms with Crippen LogP contribution in [0, 0.1) is 0 Å². The molecule has 0 bridgehead atoms. The van der Waals surface area contributed by atoms with Gasteiger partial charge in [0.05, 0.1) is 16.6 Å². The first-order valence-corrected chi connectivity index (χ1v) is 12.2. The highest BCUT2D eigenvalue weighted by Gasteiger charge is 2.20. The second kappa shape index (κ2) is 10.5. The highest BCUT2D eigenvalue weighted by atomic mass is 16.7. The number of nitrogens with one attached hydrogen (secondary N) is 2. The van der Waals surface area contributed by atoms with Crippen LogP contribution in [0.2, 0.25) is 0 Å². The zero-order valence-corrected chi connectivity index (χ0v) is 20.3. The third-order valence-corrected chi connectivity index (χ3v) is 6.11. The molecule has 0 unspecified atom stereocenters. The van der Waals surface area contributed by atoms with Gasteiger partial charge in [0.25, 0.3) is 17.4 Å². The lowest BCUT2D eigenvalue weighted by Gasteiger charge is -2.14. The first-order valence-electron chi connectivity index (χ1n) is 12.2. The van der Waals surface area contributed by atoms with Gasteiger partial charge in [0.2, 0.25) is 6.79 Å². The van der Waals surface area contributed by atoms with E-state index < -0.39 is 11.8 Å². The second-order valence-corrected chi connectivity index (χ2v) is 8.65. The van der Waals surface area contributed by atoms with Gasteiger partial charge in [0, 0.05) is 23.7 Å². The monoisotopic (exact) mass is 498 g/mol. The van der Waals surface area contributed by atoms with Crippen LogP contribution in [0.25, 0.3) is 10.8 Å². The van der Waals surface area contributed by atoms with Gasteiger partial charge in [-0.25, -0.2) is 4.68 Å². The molecule has 0 radical (unpaired) electrons. The van der Waals surface area contributed by atoms with Gasteiger partial charge in [-0.15, -0.1) is 0 Å². The van der Waals surface area contributed by atoms with E-state index in [1.54, 1.807) is 66.7 Å². The van der Waals surface area contributed by atoms with Crippen LogP contribution >= 0.6 is 0 Å². The summed E-state index contributed by atoms with van der Waals surface area (Å²) in [5.41, 5.74) is 1.01. The largest absolute Gasteiger partial charge is 0.454 e. The van der Waals surface area contributed by atoms with Gasteiger partial charge < -0.3 is 20.1 Å². The van der Waals surface area contributed by atoms with Crippen molar-refractivity contribution in [3.63, 3.8) is 0 Å². The molecule has 9 heteroatoms. The molecular weight excluding hydrogens is 472 g/mol. The van der Waals surface area contributed by atoms with Gasteiger partial charge in [-0.1, -0.05) is 50.1 Å². The third kappa shape index (κ3) is 5.02. The molecule has 2 heterocycles. The van der Waals surface area contributed by atoms with Gasteiger partial charge in [-0.3, -0.25) is 14.4 Å². The van der Waals surface area contributed by atoms with Gasteiger partial charge in [-0.05, 0) is 36.8 Å². The van der Waals surface area contributed by atoms with Crippen LogP contribution in [0.5, 0.6) is 11.5 Å². The molecule has 0 saturated carbocycles. The molecule has 2 N–H and O–H groups in total. The maximum atomic E-state index is 13.4. The fraction of sp³-hybridized carbons (Fsp3) is 0.214. The van der Waals surface area contributed by atoms with E-state index in [0.29, 0.717) is 40.2 Å². The van der Waals surface area contributed by atoms with Gasteiger partial charge in [0.15, 0.2) is 17.2 Å². The number of fused-ring (bicyclic) bond motifs is 2. The normalized spacial score (nSPS) is 11.9. The van der Waals surface area contributed by atoms with Gasteiger partial charge in [-0.2, -0.15) is 5.10 Å². The first-order chi connectivity index (χ1) is 18.0. The van der Waals surface area contributed by atoms with Crippen LogP contribution in [0.3, 0.4) is 0 Å². The summed E-state index contributed by atoms with van der Waals surface area (Å²) in [6, 6.07) is 18.7. The van der Waals surface area contributed by atoms with Crippen molar-refractivity contribution < 1.29 is 19.1 Å². The lowest BCUT2D eigenvalue weighted by molar-refractivity contribution is 0.102. The summed E-state index contributed by atoms with van der Waals surface area (Å²) in [7, 11) is 0. The van der Waals surface area contributed by atoms with E-state index in [9.17, 15) is 14.4 Å². The summed E-state index contributed by atoms with van der Waals surface area (Å²) >= 11 is 0. The van der Waals surface area contributed by atoms with Crippen LogP contribution in [0.1, 0.15) is 47.0 Å². The molecular formula is C28H26N4O5. The molecule has 0 atom stereocenters.